The van der Waals surface area contributed by atoms with Crippen molar-refractivity contribution < 1.29 is 27.8 Å². The average molecular weight is 363 g/mol. The molecule has 1 heterocycles. The molecule has 136 valence electrons. The van der Waals surface area contributed by atoms with E-state index in [2.05, 4.69) is 4.98 Å². The van der Waals surface area contributed by atoms with Gasteiger partial charge < -0.3 is 9.84 Å². The second-order valence-corrected chi connectivity index (χ2v) is 5.17. The van der Waals surface area contributed by atoms with Gasteiger partial charge in [0.2, 0.25) is 5.88 Å². The van der Waals surface area contributed by atoms with E-state index in [0.29, 0.717) is 29.2 Å². The number of rotatable bonds is 6. The summed E-state index contributed by atoms with van der Waals surface area (Å²) in [5.74, 6) is -0.707. The van der Waals surface area contributed by atoms with Crippen LogP contribution in [-0.2, 0) is 11.0 Å². The van der Waals surface area contributed by atoms with Gasteiger partial charge in [0.1, 0.15) is 0 Å². The Kier molecular flexibility index (Phi) is 6.16. The lowest BCUT2D eigenvalue weighted by Crippen LogP contribution is -2.04. The first-order valence-corrected chi connectivity index (χ1v) is 7.69. The molecular weight excluding hydrogens is 347 g/mol. The zero-order valence-electron chi connectivity index (χ0n) is 13.8. The maximum absolute atomic E-state index is 12.7. The van der Waals surface area contributed by atoms with Crippen LogP contribution in [0.4, 0.5) is 13.2 Å². The number of aromatic nitrogens is 1. The first kappa shape index (κ1) is 19.2. The fourth-order valence-corrected chi connectivity index (χ4v) is 2.20. The number of hydrogen-bond donors (Lipinski definition) is 1. The largest absolute Gasteiger partial charge is 0.478 e. The van der Waals surface area contributed by atoms with Crippen molar-refractivity contribution in [3.05, 3.63) is 77.5 Å². The quantitative estimate of drug-likeness (QED) is 0.603. The van der Waals surface area contributed by atoms with Gasteiger partial charge in [-0.05, 0) is 36.3 Å². The number of carboxylic acid groups (broad SMARTS) is 1. The summed E-state index contributed by atoms with van der Waals surface area (Å²) < 4.78 is 43.5. The van der Waals surface area contributed by atoms with Gasteiger partial charge in [-0.15, -0.1) is 0 Å². The lowest BCUT2D eigenvalue weighted by molar-refractivity contribution is -0.137. The fourth-order valence-electron chi connectivity index (χ4n) is 2.20. The van der Waals surface area contributed by atoms with Gasteiger partial charge in [0, 0.05) is 23.9 Å². The SMILES string of the molecule is CCOc1ccc(C(=CC=CC(=O)O)c2ccc(C(F)(F)F)cc2)cn1. The lowest BCUT2D eigenvalue weighted by Gasteiger charge is -2.11. The van der Waals surface area contributed by atoms with Crippen molar-refractivity contribution in [3.8, 4) is 5.88 Å². The minimum atomic E-state index is -4.42. The highest BCUT2D eigenvalue weighted by atomic mass is 19.4. The molecule has 1 aromatic heterocycles. The Morgan fingerprint density at radius 3 is 2.31 bits per heavy atom. The number of hydrogen-bond acceptors (Lipinski definition) is 3. The van der Waals surface area contributed by atoms with E-state index in [0.717, 1.165) is 18.2 Å². The summed E-state index contributed by atoms with van der Waals surface area (Å²) in [5.41, 5.74) is 0.889. The van der Waals surface area contributed by atoms with Crippen LogP contribution in [0.3, 0.4) is 0 Å². The molecule has 0 radical (unpaired) electrons. The third-order valence-corrected chi connectivity index (χ3v) is 3.36. The molecule has 0 fully saturated rings. The van der Waals surface area contributed by atoms with Crippen LogP contribution in [0.5, 0.6) is 5.88 Å². The summed E-state index contributed by atoms with van der Waals surface area (Å²) in [5, 5.41) is 8.72. The van der Waals surface area contributed by atoms with Gasteiger partial charge in [0.25, 0.3) is 0 Å². The number of ether oxygens (including phenoxy) is 1. The van der Waals surface area contributed by atoms with Gasteiger partial charge in [-0.2, -0.15) is 13.2 Å². The molecule has 0 saturated carbocycles. The van der Waals surface area contributed by atoms with Crippen molar-refractivity contribution in [2.75, 3.05) is 6.61 Å². The van der Waals surface area contributed by atoms with E-state index in [1.165, 1.54) is 30.5 Å². The molecule has 0 aliphatic rings. The molecule has 0 aliphatic heterocycles. The summed E-state index contributed by atoms with van der Waals surface area (Å²) in [6.45, 7) is 2.27. The van der Waals surface area contributed by atoms with Crippen molar-refractivity contribution in [2.24, 2.45) is 0 Å². The predicted molar refractivity (Wildman–Crippen MR) is 90.7 cm³/mol. The number of benzene rings is 1. The fraction of sp³-hybridized carbons (Fsp3) is 0.158. The minimum Gasteiger partial charge on any atom is -0.478 e. The topological polar surface area (TPSA) is 59.4 Å². The van der Waals surface area contributed by atoms with Gasteiger partial charge in [-0.25, -0.2) is 9.78 Å². The maximum Gasteiger partial charge on any atom is 0.416 e. The molecule has 0 spiro atoms. The van der Waals surface area contributed by atoms with Crippen molar-refractivity contribution in [3.63, 3.8) is 0 Å². The number of alkyl halides is 3. The van der Waals surface area contributed by atoms with Crippen LogP contribution in [0.1, 0.15) is 23.6 Å². The Balaban J connectivity index is 2.42. The van der Waals surface area contributed by atoms with Gasteiger partial charge >= 0.3 is 12.1 Å². The first-order chi connectivity index (χ1) is 12.3. The number of halogens is 3. The summed E-state index contributed by atoms with van der Waals surface area (Å²) in [4.78, 5) is 14.8. The van der Waals surface area contributed by atoms with Gasteiger partial charge in [0.05, 0.1) is 12.2 Å². The monoisotopic (exact) mass is 363 g/mol. The number of pyridine rings is 1. The molecule has 0 unspecified atom stereocenters. The number of nitrogens with zero attached hydrogens (tertiary/aromatic N) is 1. The van der Waals surface area contributed by atoms with Crippen LogP contribution in [-0.4, -0.2) is 22.7 Å². The van der Waals surface area contributed by atoms with Gasteiger partial charge in [-0.1, -0.05) is 24.3 Å². The Morgan fingerprint density at radius 1 is 1.15 bits per heavy atom. The number of allylic oxidation sites excluding steroid dienone is 2. The first-order valence-electron chi connectivity index (χ1n) is 7.69. The van der Waals surface area contributed by atoms with E-state index in [4.69, 9.17) is 9.84 Å². The van der Waals surface area contributed by atoms with E-state index < -0.39 is 17.7 Å². The van der Waals surface area contributed by atoms with Crippen molar-refractivity contribution in [1.29, 1.82) is 0 Å². The van der Waals surface area contributed by atoms with E-state index >= 15 is 0 Å². The van der Waals surface area contributed by atoms with Crippen LogP contribution >= 0.6 is 0 Å². The third kappa shape index (κ3) is 5.20. The number of carboxylic acids is 1. The number of aliphatic carboxylic acids is 1. The van der Waals surface area contributed by atoms with Crippen molar-refractivity contribution >= 4 is 11.5 Å². The van der Waals surface area contributed by atoms with E-state index in [1.807, 2.05) is 6.92 Å². The Hall–Kier alpha value is -3.09. The van der Waals surface area contributed by atoms with Gasteiger partial charge in [-0.3, -0.25) is 0 Å². The Morgan fingerprint density at radius 2 is 1.81 bits per heavy atom. The molecular formula is C19H16F3NO3. The van der Waals surface area contributed by atoms with E-state index in [1.54, 1.807) is 12.1 Å². The second-order valence-electron chi connectivity index (χ2n) is 5.17. The molecule has 0 atom stereocenters. The minimum absolute atomic E-state index is 0.420. The summed E-state index contributed by atoms with van der Waals surface area (Å²) in [7, 11) is 0. The van der Waals surface area contributed by atoms with Crippen molar-refractivity contribution in [2.45, 2.75) is 13.1 Å². The molecule has 2 rings (SSSR count). The van der Waals surface area contributed by atoms with Crippen LogP contribution in [0.25, 0.3) is 5.57 Å². The molecule has 2 aromatic rings. The normalized spacial score (nSPS) is 12.4. The summed E-state index contributed by atoms with van der Waals surface area (Å²) in [6.07, 6.45) is 0.849. The van der Waals surface area contributed by atoms with Gasteiger partial charge in [0.15, 0.2) is 0 Å². The molecule has 7 heteroatoms. The van der Waals surface area contributed by atoms with E-state index in [-0.39, 0.29) is 0 Å². The second kappa shape index (κ2) is 8.33. The molecule has 0 aliphatic carbocycles. The third-order valence-electron chi connectivity index (χ3n) is 3.36. The molecule has 1 aromatic carbocycles. The Labute approximate surface area is 148 Å². The van der Waals surface area contributed by atoms with Crippen LogP contribution < -0.4 is 4.74 Å². The highest BCUT2D eigenvalue weighted by Crippen LogP contribution is 2.31. The standard InChI is InChI=1S/C19H16F3NO3/c1-2-26-17-11-8-14(12-23-17)16(4-3-5-18(24)25)13-6-9-15(10-7-13)19(20,21)22/h3-12H,2H2,1H3,(H,24,25). The van der Waals surface area contributed by atoms with Crippen LogP contribution in [0.15, 0.2) is 60.8 Å². The zero-order valence-corrected chi connectivity index (χ0v) is 13.8. The average Bonchev–Trinajstić information content (AvgIpc) is 2.59. The van der Waals surface area contributed by atoms with Crippen LogP contribution in [0.2, 0.25) is 0 Å². The molecule has 4 nitrogen and oxygen atoms in total. The lowest BCUT2D eigenvalue weighted by atomic mass is 9.97. The Bertz CT molecular complexity index is 807. The van der Waals surface area contributed by atoms with Crippen LogP contribution in [0, 0.1) is 0 Å². The molecule has 0 amide bonds. The smallest absolute Gasteiger partial charge is 0.416 e. The predicted octanol–water partition coefficient (Wildman–Crippen LogP) is 4.57. The molecule has 0 bridgehead atoms. The van der Waals surface area contributed by atoms with Crippen molar-refractivity contribution in [1.82, 2.24) is 4.98 Å². The zero-order chi connectivity index (χ0) is 19.2. The molecule has 0 saturated heterocycles. The maximum atomic E-state index is 12.7. The summed E-state index contributed by atoms with van der Waals surface area (Å²) in [6, 6.07) is 7.96. The number of carbonyl (C=O) groups is 1. The highest BCUT2D eigenvalue weighted by Gasteiger charge is 2.30. The summed E-state index contributed by atoms with van der Waals surface area (Å²) >= 11 is 0. The van der Waals surface area contributed by atoms with E-state index in [9.17, 15) is 18.0 Å². The highest BCUT2D eigenvalue weighted by molar-refractivity contribution is 5.83. The molecule has 1 N–H and O–H groups in total. The molecule has 26 heavy (non-hydrogen) atoms.